The molecule has 1 aliphatic rings. The molecule has 27 heavy (non-hydrogen) atoms. The van der Waals surface area contributed by atoms with Crippen LogP contribution in [0.2, 0.25) is 0 Å². The van der Waals surface area contributed by atoms with E-state index in [1.54, 1.807) is 11.3 Å². The Morgan fingerprint density at radius 1 is 1.00 bits per heavy atom. The number of anilines is 1. The van der Waals surface area contributed by atoms with Crippen LogP contribution in [0.4, 0.5) is 5.13 Å². The highest BCUT2D eigenvalue weighted by atomic mass is 32.1. The molecule has 0 aliphatic carbocycles. The number of ether oxygens (including phenoxy) is 2. The molecular weight excluding hydrogens is 382 g/mol. The lowest BCUT2D eigenvalue weighted by atomic mass is 10.3. The molecule has 8 heteroatoms. The first kappa shape index (κ1) is 16.5. The van der Waals surface area contributed by atoms with Crippen molar-refractivity contribution < 1.29 is 14.3 Å². The third-order valence-electron chi connectivity index (χ3n) is 4.20. The summed E-state index contributed by atoms with van der Waals surface area (Å²) in [7, 11) is 0. The van der Waals surface area contributed by atoms with Crippen molar-refractivity contribution in [1.29, 1.82) is 0 Å². The van der Waals surface area contributed by atoms with Gasteiger partial charge in [-0.2, -0.15) is 0 Å². The molecule has 2 aromatic carbocycles. The van der Waals surface area contributed by atoms with Gasteiger partial charge in [0.2, 0.25) is 5.91 Å². The molecule has 0 unspecified atom stereocenters. The number of aromatic nitrogens is 2. The number of benzene rings is 2. The molecule has 0 fully saturated rings. The van der Waals surface area contributed by atoms with Gasteiger partial charge >= 0.3 is 0 Å². The van der Waals surface area contributed by atoms with Crippen molar-refractivity contribution in [2.24, 2.45) is 0 Å². The average Bonchev–Trinajstić information content (AvgIpc) is 3.26. The highest BCUT2D eigenvalue weighted by Gasteiger charge is 2.16. The lowest BCUT2D eigenvalue weighted by Gasteiger charge is -2.17. The van der Waals surface area contributed by atoms with E-state index in [1.807, 2.05) is 36.4 Å². The number of hydrogen-bond acceptors (Lipinski definition) is 7. The number of para-hydroxylation sites is 1. The van der Waals surface area contributed by atoms with Gasteiger partial charge in [-0.1, -0.05) is 23.5 Å². The van der Waals surface area contributed by atoms with Gasteiger partial charge < -0.3 is 14.8 Å². The monoisotopic (exact) mass is 397 g/mol. The van der Waals surface area contributed by atoms with Crippen molar-refractivity contribution in [1.82, 2.24) is 9.97 Å². The smallest absolute Gasteiger partial charge is 0.226 e. The summed E-state index contributed by atoms with van der Waals surface area (Å²) in [5, 5.41) is 4.44. The second-order valence-electron chi connectivity index (χ2n) is 6.11. The maximum atomic E-state index is 12.3. The van der Waals surface area contributed by atoms with Crippen molar-refractivity contribution in [3.8, 4) is 11.5 Å². The zero-order valence-corrected chi connectivity index (χ0v) is 15.9. The van der Waals surface area contributed by atoms with E-state index in [4.69, 9.17) is 9.47 Å². The molecule has 2 aromatic heterocycles. The van der Waals surface area contributed by atoms with Crippen LogP contribution in [0.5, 0.6) is 11.5 Å². The van der Waals surface area contributed by atoms with Crippen molar-refractivity contribution in [3.63, 3.8) is 0 Å². The third kappa shape index (κ3) is 3.33. The molecule has 0 bridgehead atoms. The second-order valence-corrected chi connectivity index (χ2v) is 8.25. The first-order chi connectivity index (χ1) is 13.2. The van der Waals surface area contributed by atoms with Crippen LogP contribution in [-0.2, 0) is 11.2 Å². The van der Waals surface area contributed by atoms with Gasteiger partial charge in [0.05, 0.1) is 25.4 Å². The molecule has 6 nitrogen and oxygen atoms in total. The van der Waals surface area contributed by atoms with Gasteiger partial charge in [-0.15, -0.1) is 11.3 Å². The van der Waals surface area contributed by atoms with E-state index in [0.29, 0.717) is 36.9 Å². The molecular formula is C19H15N3O3S2. The van der Waals surface area contributed by atoms with Crippen molar-refractivity contribution in [2.75, 3.05) is 18.5 Å². The molecule has 1 aliphatic heterocycles. The Labute approximate surface area is 162 Å². The molecule has 1 amide bonds. The fourth-order valence-corrected chi connectivity index (χ4v) is 4.81. The molecule has 0 saturated heterocycles. The van der Waals surface area contributed by atoms with E-state index in [-0.39, 0.29) is 5.91 Å². The number of hydrogen-bond donors (Lipinski definition) is 1. The summed E-state index contributed by atoms with van der Waals surface area (Å²) in [4.78, 5) is 21.4. The predicted molar refractivity (Wildman–Crippen MR) is 107 cm³/mol. The van der Waals surface area contributed by atoms with Gasteiger partial charge in [-0.05, 0) is 12.1 Å². The van der Waals surface area contributed by atoms with Gasteiger partial charge in [0, 0.05) is 25.0 Å². The van der Waals surface area contributed by atoms with Crippen LogP contribution in [0.25, 0.3) is 20.4 Å². The first-order valence-corrected chi connectivity index (χ1v) is 10.2. The van der Waals surface area contributed by atoms with Crippen molar-refractivity contribution in [2.45, 2.75) is 12.8 Å². The first-order valence-electron chi connectivity index (χ1n) is 8.59. The number of nitrogens with zero attached hydrogens (tertiary/aromatic N) is 2. The van der Waals surface area contributed by atoms with Crippen LogP contribution < -0.4 is 14.8 Å². The minimum absolute atomic E-state index is 0.0643. The number of fused-ring (bicyclic) bond motifs is 3. The normalized spacial score (nSPS) is 13.2. The number of rotatable bonds is 4. The lowest BCUT2D eigenvalue weighted by Crippen LogP contribution is -2.15. The number of nitrogens with one attached hydrogen (secondary N) is 1. The minimum atomic E-state index is -0.0643. The SMILES string of the molecule is O=C(CCc1nc2ccccc2s1)Nc1nc2cc3c(cc2s1)OCCO3. The van der Waals surface area contributed by atoms with Gasteiger partial charge in [0.25, 0.3) is 0 Å². The highest BCUT2D eigenvalue weighted by molar-refractivity contribution is 7.22. The maximum absolute atomic E-state index is 12.3. The van der Waals surface area contributed by atoms with Crippen LogP contribution in [0, 0.1) is 0 Å². The summed E-state index contributed by atoms with van der Waals surface area (Å²) in [6, 6.07) is 11.8. The number of carbonyl (C=O) groups is 1. The number of amides is 1. The zero-order valence-electron chi connectivity index (χ0n) is 14.2. The van der Waals surface area contributed by atoms with Crippen LogP contribution in [-0.4, -0.2) is 29.1 Å². The number of carbonyl (C=O) groups excluding carboxylic acids is 1. The second kappa shape index (κ2) is 6.79. The topological polar surface area (TPSA) is 73.3 Å². The molecule has 4 aromatic rings. The van der Waals surface area contributed by atoms with E-state index in [1.165, 1.54) is 11.3 Å². The Kier molecular flexibility index (Phi) is 4.14. The minimum Gasteiger partial charge on any atom is -0.486 e. The van der Waals surface area contributed by atoms with E-state index < -0.39 is 0 Å². The fourth-order valence-electron chi connectivity index (χ4n) is 2.95. The maximum Gasteiger partial charge on any atom is 0.226 e. The standard InChI is InChI=1S/C19H15N3O3S2/c23-17(5-6-18-20-11-3-1-2-4-15(11)26-18)22-19-21-12-9-13-14(10-16(12)27-19)25-8-7-24-13/h1-4,9-10H,5-8H2,(H,21,22,23). The van der Waals surface area contributed by atoms with E-state index >= 15 is 0 Å². The zero-order chi connectivity index (χ0) is 18.2. The largest absolute Gasteiger partial charge is 0.486 e. The molecule has 0 radical (unpaired) electrons. The Morgan fingerprint density at radius 2 is 1.81 bits per heavy atom. The summed E-state index contributed by atoms with van der Waals surface area (Å²) >= 11 is 3.06. The van der Waals surface area contributed by atoms with E-state index in [2.05, 4.69) is 15.3 Å². The molecule has 0 saturated carbocycles. The van der Waals surface area contributed by atoms with E-state index in [0.717, 1.165) is 31.2 Å². The van der Waals surface area contributed by atoms with Crippen LogP contribution >= 0.6 is 22.7 Å². The van der Waals surface area contributed by atoms with Crippen molar-refractivity contribution >= 4 is 54.1 Å². The van der Waals surface area contributed by atoms with Crippen LogP contribution in [0.3, 0.4) is 0 Å². The number of thiazole rings is 2. The summed E-state index contributed by atoms with van der Waals surface area (Å²) in [6.07, 6.45) is 0.991. The molecule has 1 N–H and O–H groups in total. The third-order valence-corrected chi connectivity index (χ3v) is 6.23. The molecule has 0 atom stereocenters. The highest BCUT2D eigenvalue weighted by Crippen LogP contribution is 2.37. The molecule has 5 rings (SSSR count). The molecule has 136 valence electrons. The fraction of sp³-hybridized carbons (Fsp3) is 0.211. The Bertz CT molecular complexity index is 1080. The van der Waals surface area contributed by atoms with Gasteiger partial charge in [-0.3, -0.25) is 4.79 Å². The summed E-state index contributed by atoms with van der Waals surface area (Å²) in [5.74, 6) is 1.37. The van der Waals surface area contributed by atoms with Gasteiger partial charge in [0.15, 0.2) is 16.6 Å². The molecule has 3 heterocycles. The van der Waals surface area contributed by atoms with Gasteiger partial charge in [0.1, 0.15) is 13.2 Å². The summed E-state index contributed by atoms with van der Waals surface area (Å²) < 4.78 is 13.3. The average molecular weight is 397 g/mol. The van der Waals surface area contributed by atoms with Crippen LogP contribution in [0.1, 0.15) is 11.4 Å². The predicted octanol–water partition coefficient (Wildman–Crippen LogP) is 4.25. The van der Waals surface area contributed by atoms with Gasteiger partial charge in [-0.25, -0.2) is 9.97 Å². The molecule has 0 spiro atoms. The Morgan fingerprint density at radius 3 is 2.67 bits per heavy atom. The quantitative estimate of drug-likeness (QED) is 0.557. The van der Waals surface area contributed by atoms with E-state index in [9.17, 15) is 4.79 Å². The lowest BCUT2D eigenvalue weighted by molar-refractivity contribution is -0.116. The Balaban J connectivity index is 1.27. The summed E-state index contributed by atoms with van der Waals surface area (Å²) in [5.41, 5.74) is 1.78. The Hall–Kier alpha value is -2.71. The van der Waals surface area contributed by atoms with Crippen molar-refractivity contribution in [3.05, 3.63) is 41.4 Å². The number of aryl methyl sites for hydroxylation is 1. The van der Waals surface area contributed by atoms with Crippen LogP contribution in [0.15, 0.2) is 36.4 Å². The summed E-state index contributed by atoms with van der Waals surface area (Å²) in [6.45, 7) is 1.09.